The van der Waals surface area contributed by atoms with Crippen LogP contribution in [0.1, 0.15) is 6.23 Å². The Balaban J connectivity index is 2.04. The molecule has 102 valence electrons. The summed E-state index contributed by atoms with van der Waals surface area (Å²) in [5, 5.41) is 28.7. The van der Waals surface area contributed by atoms with Crippen LogP contribution in [0.4, 0.5) is 5.82 Å². The summed E-state index contributed by atoms with van der Waals surface area (Å²) in [5.74, 6) is 0.218. The molecule has 3 rings (SSSR count). The molecule has 1 aliphatic rings. The van der Waals surface area contributed by atoms with Crippen molar-refractivity contribution in [2.24, 2.45) is 0 Å². The Labute approximate surface area is 107 Å². The molecule has 9 heteroatoms. The Hall–Kier alpha value is -1.81. The van der Waals surface area contributed by atoms with E-state index in [1.807, 2.05) is 0 Å². The number of rotatable bonds is 2. The van der Waals surface area contributed by atoms with Crippen molar-refractivity contribution in [3.8, 4) is 0 Å². The van der Waals surface area contributed by atoms with Crippen LogP contribution in [0.15, 0.2) is 12.7 Å². The summed E-state index contributed by atoms with van der Waals surface area (Å²) in [4.78, 5) is 11.9. The summed E-state index contributed by atoms with van der Waals surface area (Å²) in [7, 11) is 0. The topological polar surface area (TPSA) is 140 Å². The highest BCUT2D eigenvalue weighted by molar-refractivity contribution is 5.81. The third kappa shape index (κ3) is 1.75. The van der Waals surface area contributed by atoms with E-state index in [0.717, 1.165) is 0 Å². The zero-order chi connectivity index (χ0) is 13.6. The lowest BCUT2D eigenvalue weighted by Gasteiger charge is -2.16. The second-order valence-electron chi connectivity index (χ2n) is 4.31. The SMILES string of the molecule is Nc1ncnc2c1ncn2C1OC(CO)[C@H](O)[C@@H]1O. The second-order valence-corrected chi connectivity index (χ2v) is 4.31. The molecule has 2 aromatic rings. The molecule has 9 nitrogen and oxygen atoms in total. The number of ether oxygens (including phenoxy) is 1. The van der Waals surface area contributed by atoms with Crippen LogP contribution in [0.5, 0.6) is 0 Å². The van der Waals surface area contributed by atoms with Crippen LogP contribution in [0, 0.1) is 0 Å². The third-order valence-corrected chi connectivity index (χ3v) is 3.18. The van der Waals surface area contributed by atoms with E-state index in [1.165, 1.54) is 17.2 Å². The Morgan fingerprint density at radius 1 is 1.26 bits per heavy atom. The average Bonchev–Trinajstić information content (AvgIpc) is 2.94. The summed E-state index contributed by atoms with van der Waals surface area (Å²) in [5.41, 5.74) is 6.44. The summed E-state index contributed by atoms with van der Waals surface area (Å²) in [6.07, 6.45) is -1.42. The van der Waals surface area contributed by atoms with Gasteiger partial charge in [-0.25, -0.2) is 15.0 Å². The molecule has 0 spiro atoms. The van der Waals surface area contributed by atoms with E-state index < -0.39 is 31.1 Å². The molecule has 1 fully saturated rings. The van der Waals surface area contributed by atoms with Crippen molar-refractivity contribution >= 4 is 17.0 Å². The Morgan fingerprint density at radius 2 is 2.05 bits per heavy atom. The van der Waals surface area contributed by atoms with Gasteiger partial charge in [-0.1, -0.05) is 0 Å². The number of imidazole rings is 1. The first-order chi connectivity index (χ1) is 9.13. The van der Waals surface area contributed by atoms with Crippen LogP contribution in [-0.2, 0) is 4.74 Å². The first kappa shape index (κ1) is 12.2. The van der Waals surface area contributed by atoms with Crippen LogP contribution in [0.2, 0.25) is 0 Å². The summed E-state index contributed by atoms with van der Waals surface area (Å²) in [6, 6.07) is 0. The summed E-state index contributed by atoms with van der Waals surface area (Å²) in [6.45, 7) is -0.390. The zero-order valence-electron chi connectivity index (χ0n) is 9.79. The highest BCUT2D eigenvalue weighted by Crippen LogP contribution is 2.31. The molecule has 0 saturated carbocycles. The van der Waals surface area contributed by atoms with Gasteiger partial charge in [0.25, 0.3) is 0 Å². The average molecular weight is 267 g/mol. The Bertz CT molecular complexity index is 603. The molecule has 2 aromatic heterocycles. The van der Waals surface area contributed by atoms with Crippen LogP contribution in [0.3, 0.4) is 0 Å². The minimum Gasteiger partial charge on any atom is -0.394 e. The minimum absolute atomic E-state index is 0.218. The number of hydrogen-bond acceptors (Lipinski definition) is 8. The number of nitrogens with two attached hydrogens (primary N) is 1. The third-order valence-electron chi connectivity index (χ3n) is 3.18. The number of nitrogens with zero attached hydrogens (tertiary/aromatic N) is 4. The monoisotopic (exact) mass is 267 g/mol. The highest BCUT2D eigenvalue weighted by Gasteiger charge is 2.43. The Kier molecular flexibility index (Phi) is 2.82. The maximum atomic E-state index is 9.95. The molecular formula is C10H13N5O4. The lowest BCUT2D eigenvalue weighted by molar-refractivity contribution is -0.0511. The van der Waals surface area contributed by atoms with Crippen molar-refractivity contribution < 1.29 is 20.1 Å². The molecule has 1 aliphatic heterocycles. The van der Waals surface area contributed by atoms with Crippen molar-refractivity contribution in [3.63, 3.8) is 0 Å². The number of fused-ring (bicyclic) bond motifs is 1. The van der Waals surface area contributed by atoms with Crippen molar-refractivity contribution in [1.29, 1.82) is 0 Å². The van der Waals surface area contributed by atoms with Gasteiger partial charge in [0.1, 0.15) is 30.2 Å². The van der Waals surface area contributed by atoms with E-state index in [4.69, 9.17) is 15.6 Å². The van der Waals surface area contributed by atoms with Crippen LogP contribution < -0.4 is 5.73 Å². The first-order valence-corrected chi connectivity index (χ1v) is 5.69. The van der Waals surface area contributed by atoms with Gasteiger partial charge >= 0.3 is 0 Å². The van der Waals surface area contributed by atoms with Crippen LogP contribution in [-0.4, -0.2) is 59.8 Å². The number of aliphatic hydroxyl groups excluding tert-OH is 3. The molecule has 19 heavy (non-hydrogen) atoms. The standard InChI is InChI=1S/C10H13N5O4/c11-8-5-9(13-2-12-8)15(3-14-5)10-7(18)6(17)4(1-16)19-10/h2-4,6-7,10,16-18H,1H2,(H2,11,12,13)/t4?,6-,7-,10?/m0/s1. The van der Waals surface area contributed by atoms with E-state index in [0.29, 0.717) is 11.2 Å². The smallest absolute Gasteiger partial charge is 0.167 e. The predicted octanol–water partition coefficient (Wildman–Crippen LogP) is -1.98. The fraction of sp³-hybridized carbons (Fsp3) is 0.500. The fourth-order valence-corrected chi connectivity index (χ4v) is 2.17. The zero-order valence-corrected chi connectivity index (χ0v) is 9.79. The van der Waals surface area contributed by atoms with E-state index in [1.54, 1.807) is 0 Å². The molecule has 0 amide bonds. The van der Waals surface area contributed by atoms with Crippen molar-refractivity contribution in [1.82, 2.24) is 19.5 Å². The van der Waals surface area contributed by atoms with Crippen LogP contribution >= 0.6 is 0 Å². The van der Waals surface area contributed by atoms with Gasteiger partial charge in [0.15, 0.2) is 17.7 Å². The molecule has 3 heterocycles. The van der Waals surface area contributed by atoms with E-state index in [-0.39, 0.29) is 5.82 Å². The molecule has 0 aromatic carbocycles. The number of nitrogen functional groups attached to an aromatic ring is 1. The fourth-order valence-electron chi connectivity index (χ4n) is 2.17. The van der Waals surface area contributed by atoms with E-state index in [9.17, 15) is 10.2 Å². The van der Waals surface area contributed by atoms with Gasteiger partial charge in [-0.15, -0.1) is 0 Å². The normalized spacial score (nSPS) is 31.1. The quantitative estimate of drug-likeness (QED) is 0.491. The highest BCUT2D eigenvalue weighted by atomic mass is 16.6. The number of anilines is 1. The van der Waals surface area contributed by atoms with Crippen molar-refractivity contribution in [2.45, 2.75) is 24.5 Å². The molecule has 4 atom stereocenters. The summed E-state index contributed by atoms with van der Waals surface area (Å²) >= 11 is 0. The van der Waals surface area contributed by atoms with Gasteiger partial charge in [0.05, 0.1) is 12.9 Å². The maximum Gasteiger partial charge on any atom is 0.167 e. The van der Waals surface area contributed by atoms with Gasteiger partial charge in [-0.2, -0.15) is 0 Å². The first-order valence-electron chi connectivity index (χ1n) is 5.69. The second kappa shape index (κ2) is 4.38. The largest absolute Gasteiger partial charge is 0.394 e. The molecular weight excluding hydrogens is 254 g/mol. The van der Waals surface area contributed by atoms with Gasteiger partial charge in [0, 0.05) is 0 Å². The molecule has 0 radical (unpaired) electrons. The predicted molar refractivity (Wildman–Crippen MR) is 62.7 cm³/mol. The van der Waals surface area contributed by atoms with Crippen molar-refractivity contribution in [3.05, 3.63) is 12.7 Å². The van der Waals surface area contributed by atoms with Gasteiger partial charge in [0.2, 0.25) is 0 Å². The number of aliphatic hydroxyl groups is 3. The van der Waals surface area contributed by atoms with E-state index >= 15 is 0 Å². The van der Waals surface area contributed by atoms with Gasteiger partial charge in [-0.05, 0) is 0 Å². The molecule has 0 aliphatic carbocycles. The summed E-state index contributed by atoms with van der Waals surface area (Å²) < 4.78 is 6.85. The van der Waals surface area contributed by atoms with Crippen LogP contribution in [0.25, 0.3) is 11.2 Å². The molecule has 2 unspecified atom stereocenters. The number of hydrogen-bond donors (Lipinski definition) is 4. The Morgan fingerprint density at radius 3 is 2.74 bits per heavy atom. The van der Waals surface area contributed by atoms with Gasteiger partial charge < -0.3 is 25.8 Å². The lowest BCUT2D eigenvalue weighted by atomic mass is 10.1. The number of aromatic nitrogens is 4. The minimum atomic E-state index is -1.19. The van der Waals surface area contributed by atoms with E-state index in [2.05, 4.69) is 15.0 Å². The van der Waals surface area contributed by atoms with Crippen molar-refractivity contribution in [2.75, 3.05) is 12.3 Å². The maximum absolute atomic E-state index is 9.95. The molecule has 0 bridgehead atoms. The molecule has 1 saturated heterocycles. The van der Waals surface area contributed by atoms with Gasteiger partial charge in [-0.3, -0.25) is 4.57 Å². The molecule has 5 N–H and O–H groups in total. The lowest BCUT2D eigenvalue weighted by Crippen LogP contribution is -2.33.